The van der Waals surface area contributed by atoms with Gasteiger partial charge >= 0.3 is 0 Å². The molecular formula is C21H24ClN3O2S. The maximum absolute atomic E-state index is 12.8. The van der Waals surface area contributed by atoms with Crippen LogP contribution in [-0.2, 0) is 9.59 Å². The minimum atomic E-state index is -0.318. The molecule has 0 aliphatic carbocycles. The van der Waals surface area contributed by atoms with Crippen molar-refractivity contribution in [2.45, 2.75) is 57.5 Å². The van der Waals surface area contributed by atoms with E-state index in [0.29, 0.717) is 15.6 Å². The Morgan fingerprint density at radius 1 is 1.29 bits per heavy atom. The lowest BCUT2D eigenvalue weighted by Gasteiger charge is -2.39. The summed E-state index contributed by atoms with van der Waals surface area (Å²) in [7, 11) is 0. The number of nitrogens with zero attached hydrogens (tertiary/aromatic N) is 2. The fourth-order valence-corrected chi connectivity index (χ4v) is 5.11. The zero-order valence-electron chi connectivity index (χ0n) is 16.1. The number of rotatable bonds is 4. The van der Waals surface area contributed by atoms with Crippen LogP contribution in [0.15, 0.2) is 34.9 Å². The molecule has 3 atom stereocenters. The standard InChI is InChI=1S/C21H24ClN3O2S/c1-13-4-3-5-14(2)25(13)20(27)12-28-21-18(11-23)17(10-19(26)24-21)15-6-8-16(22)9-7-15/h6-9,13-14,17H,3-5,10,12H2,1-2H3,(H,24,26)/t13-,14-,17-/m1/s1. The smallest absolute Gasteiger partial charge is 0.233 e. The van der Waals surface area contributed by atoms with E-state index >= 15 is 0 Å². The molecule has 0 aromatic heterocycles. The van der Waals surface area contributed by atoms with E-state index in [4.69, 9.17) is 11.6 Å². The number of thioether (sulfide) groups is 1. The molecule has 0 bridgehead atoms. The van der Waals surface area contributed by atoms with E-state index in [1.54, 1.807) is 12.1 Å². The normalized spacial score (nSPS) is 25.3. The summed E-state index contributed by atoms with van der Waals surface area (Å²) < 4.78 is 0. The first-order valence-electron chi connectivity index (χ1n) is 9.54. The summed E-state index contributed by atoms with van der Waals surface area (Å²) in [4.78, 5) is 27.0. The van der Waals surface area contributed by atoms with Gasteiger partial charge in [-0.05, 0) is 50.8 Å². The van der Waals surface area contributed by atoms with Gasteiger partial charge in [0.15, 0.2) is 0 Å². The highest BCUT2D eigenvalue weighted by molar-refractivity contribution is 8.03. The molecule has 2 aliphatic heterocycles. The minimum absolute atomic E-state index is 0.0531. The van der Waals surface area contributed by atoms with Gasteiger partial charge in [-0.25, -0.2) is 0 Å². The Morgan fingerprint density at radius 2 is 1.93 bits per heavy atom. The van der Waals surface area contributed by atoms with Gasteiger partial charge in [-0.2, -0.15) is 5.26 Å². The molecule has 0 saturated carbocycles. The van der Waals surface area contributed by atoms with E-state index < -0.39 is 0 Å². The van der Waals surface area contributed by atoms with Gasteiger partial charge in [-0.1, -0.05) is 35.5 Å². The lowest BCUT2D eigenvalue weighted by Crippen LogP contribution is -2.48. The molecule has 1 aromatic carbocycles. The highest BCUT2D eigenvalue weighted by Crippen LogP contribution is 2.36. The number of allylic oxidation sites excluding steroid dienone is 1. The molecule has 0 unspecified atom stereocenters. The van der Waals surface area contributed by atoms with Gasteiger partial charge in [0.05, 0.1) is 22.4 Å². The Morgan fingerprint density at radius 3 is 2.54 bits per heavy atom. The molecule has 0 spiro atoms. The molecule has 1 N–H and O–H groups in total. The SMILES string of the molecule is C[C@@H]1CCC[C@@H](C)N1C(=O)CSC1=C(C#N)[C@@H](c2ccc(Cl)cc2)CC(=O)N1. The van der Waals surface area contributed by atoms with Crippen molar-refractivity contribution in [3.05, 3.63) is 45.5 Å². The second-order valence-electron chi connectivity index (χ2n) is 7.43. The predicted molar refractivity (Wildman–Crippen MR) is 112 cm³/mol. The number of nitriles is 1. The van der Waals surface area contributed by atoms with Crippen LogP contribution in [0.1, 0.15) is 51.0 Å². The Labute approximate surface area is 175 Å². The third-order valence-corrected chi connectivity index (χ3v) is 6.70. The number of halogens is 1. The van der Waals surface area contributed by atoms with Crippen molar-refractivity contribution in [2.75, 3.05) is 5.75 Å². The number of amides is 2. The number of hydrogen-bond donors (Lipinski definition) is 1. The maximum atomic E-state index is 12.8. The molecule has 1 saturated heterocycles. The summed E-state index contributed by atoms with van der Waals surface area (Å²) in [6.07, 6.45) is 3.38. The van der Waals surface area contributed by atoms with Gasteiger partial charge in [-0.3, -0.25) is 9.59 Å². The van der Waals surface area contributed by atoms with Crippen molar-refractivity contribution in [2.24, 2.45) is 0 Å². The number of piperidine rings is 1. The van der Waals surface area contributed by atoms with Crippen LogP contribution in [0.4, 0.5) is 0 Å². The molecule has 7 heteroatoms. The number of carbonyl (C=O) groups is 2. The van der Waals surface area contributed by atoms with Gasteiger partial charge < -0.3 is 10.2 Å². The number of benzene rings is 1. The monoisotopic (exact) mass is 417 g/mol. The third kappa shape index (κ3) is 4.53. The van der Waals surface area contributed by atoms with Crippen LogP contribution >= 0.6 is 23.4 Å². The van der Waals surface area contributed by atoms with E-state index in [1.807, 2.05) is 17.0 Å². The number of hydrogen-bond acceptors (Lipinski definition) is 4. The van der Waals surface area contributed by atoms with Crippen LogP contribution < -0.4 is 5.32 Å². The quantitative estimate of drug-likeness (QED) is 0.796. The molecule has 1 aromatic rings. The van der Waals surface area contributed by atoms with Crippen molar-refractivity contribution < 1.29 is 9.59 Å². The zero-order chi connectivity index (χ0) is 20.3. The number of carbonyl (C=O) groups excluding carboxylic acids is 2. The Bertz CT molecular complexity index is 821. The summed E-state index contributed by atoms with van der Waals surface area (Å²) in [6, 6.07) is 9.89. The first kappa shape index (κ1) is 20.8. The summed E-state index contributed by atoms with van der Waals surface area (Å²) in [6.45, 7) is 4.16. The van der Waals surface area contributed by atoms with E-state index in [1.165, 1.54) is 11.8 Å². The molecule has 2 amide bonds. The van der Waals surface area contributed by atoms with Crippen LogP contribution in [0, 0.1) is 11.3 Å². The third-order valence-electron chi connectivity index (χ3n) is 5.45. The van der Waals surface area contributed by atoms with Crippen LogP contribution in [-0.4, -0.2) is 34.6 Å². The molecule has 148 valence electrons. The fourth-order valence-electron chi connectivity index (χ4n) is 4.03. The predicted octanol–water partition coefficient (Wildman–Crippen LogP) is 4.20. The second-order valence-corrected chi connectivity index (χ2v) is 8.85. The molecule has 3 rings (SSSR count). The molecule has 1 fully saturated rings. The summed E-state index contributed by atoms with van der Waals surface area (Å²) in [5, 5.41) is 13.6. The highest BCUT2D eigenvalue weighted by atomic mass is 35.5. The minimum Gasteiger partial charge on any atom is -0.337 e. The van der Waals surface area contributed by atoms with Gasteiger partial charge in [0.1, 0.15) is 0 Å². The molecule has 5 nitrogen and oxygen atoms in total. The van der Waals surface area contributed by atoms with Crippen molar-refractivity contribution in [1.82, 2.24) is 10.2 Å². The van der Waals surface area contributed by atoms with Gasteiger partial charge in [0.2, 0.25) is 11.8 Å². The summed E-state index contributed by atoms with van der Waals surface area (Å²) in [5.74, 6) is -0.199. The van der Waals surface area contributed by atoms with Gasteiger partial charge in [-0.15, -0.1) is 0 Å². The fraction of sp³-hybridized carbons (Fsp3) is 0.476. The van der Waals surface area contributed by atoms with Crippen LogP contribution in [0.3, 0.4) is 0 Å². The zero-order valence-corrected chi connectivity index (χ0v) is 17.6. The molecular weight excluding hydrogens is 394 g/mol. The number of nitrogens with one attached hydrogen (secondary N) is 1. The first-order valence-corrected chi connectivity index (χ1v) is 10.9. The largest absolute Gasteiger partial charge is 0.337 e. The summed E-state index contributed by atoms with van der Waals surface area (Å²) >= 11 is 7.21. The lowest BCUT2D eigenvalue weighted by atomic mass is 9.87. The first-order chi connectivity index (χ1) is 13.4. The van der Waals surface area contributed by atoms with Crippen molar-refractivity contribution in [1.29, 1.82) is 5.26 Å². The molecule has 2 aliphatic rings. The van der Waals surface area contributed by atoms with Crippen molar-refractivity contribution >= 4 is 35.2 Å². The summed E-state index contributed by atoms with van der Waals surface area (Å²) in [5.41, 5.74) is 1.37. The number of likely N-dealkylation sites (tertiary alicyclic amines) is 1. The molecule has 0 radical (unpaired) electrons. The molecule has 2 heterocycles. The van der Waals surface area contributed by atoms with Crippen molar-refractivity contribution in [3.63, 3.8) is 0 Å². The van der Waals surface area contributed by atoms with Gasteiger partial charge in [0, 0.05) is 29.4 Å². The topological polar surface area (TPSA) is 73.2 Å². The Kier molecular flexibility index (Phi) is 6.69. The Balaban J connectivity index is 1.78. The van der Waals surface area contributed by atoms with E-state index in [0.717, 1.165) is 24.8 Å². The van der Waals surface area contributed by atoms with E-state index in [-0.39, 0.29) is 42.0 Å². The van der Waals surface area contributed by atoms with E-state index in [9.17, 15) is 14.9 Å². The maximum Gasteiger partial charge on any atom is 0.233 e. The lowest BCUT2D eigenvalue weighted by molar-refractivity contribution is -0.134. The van der Waals surface area contributed by atoms with E-state index in [2.05, 4.69) is 25.2 Å². The second kappa shape index (κ2) is 9.02. The highest BCUT2D eigenvalue weighted by Gasteiger charge is 2.32. The van der Waals surface area contributed by atoms with Crippen LogP contribution in [0.25, 0.3) is 0 Å². The van der Waals surface area contributed by atoms with Crippen LogP contribution in [0.2, 0.25) is 5.02 Å². The van der Waals surface area contributed by atoms with Crippen molar-refractivity contribution in [3.8, 4) is 6.07 Å². The molecule has 28 heavy (non-hydrogen) atoms. The Hall–Kier alpha value is -1.97. The van der Waals surface area contributed by atoms with Gasteiger partial charge in [0.25, 0.3) is 0 Å². The van der Waals surface area contributed by atoms with Crippen LogP contribution in [0.5, 0.6) is 0 Å². The average Bonchev–Trinajstić information content (AvgIpc) is 2.66. The average molecular weight is 418 g/mol.